The van der Waals surface area contributed by atoms with E-state index in [0.717, 1.165) is 5.56 Å². The van der Waals surface area contributed by atoms with Crippen LogP contribution in [0.2, 0.25) is 0 Å². The zero-order valence-electron chi connectivity index (χ0n) is 12.4. The molecule has 0 radical (unpaired) electrons. The van der Waals surface area contributed by atoms with Crippen LogP contribution in [-0.4, -0.2) is 28.2 Å². The molecule has 0 aliphatic heterocycles. The van der Waals surface area contributed by atoms with Gasteiger partial charge in [0, 0.05) is 12.5 Å². The molecule has 2 rings (SSSR count). The molecule has 0 saturated carbocycles. The lowest BCUT2D eigenvalue weighted by atomic mass is 10.1. The second-order valence-corrected chi connectivity index (χ2v) is 5.32. The highest BCUT2D eigenvalue weighted by Crippen LogP contribution is 2.14. The minimum absolute atomic E-state index is 0.0167. The van der Waals surface area contributed by atoms with E-state index in [4.69, 9.17) is 4.52 Å². The zero-order chi connectivity index (χ0) is 16.1. The van der Waals surface area contributed by atoms with Crippen molar-refractivity contribution in [3.8, 4) is 0 Å². The summed E-state index contributed by atoms with van der Waals surface area (Å²) in [4.78, 5) is 23.4. The number of carbonyl (C=O) groups is 2. The first-order valence-corrected chi connectivity index (χ1v) is 7.01. The van der Waals surface area contributed by atoms with Crippen LogP contribution in [0, 0.1) is 0 Å². The normalized spacial score (nSPS) is 12.1. The Balaban J connectivity index is 2.07. The van der Waals surface area contributed by atoms with Crippen LogP contribution in [0.5, 0.6) is 0 Å². The summed E-state index contributed by atoms with van der Waals surface area (Å²) >= 11 is 0. The van der Waals surface area contributed by atoms with Gasteiger partial charge < -0.3 is 14.9 Å². The van der Waals surface area contributed by atoms with E-state index < -0.39 is 17.9 Å². The summed E-state index contributed by atoms with van der Waals surface area (Å²) in [5.74, 6) is -1.53. The maximum atomic E-state index is 12.1. The molecule has 22 heavy (non-hydrogen) atoms. The quantitative estimate of drug-likeness (QED) is 0.853. The highest BCUT2D eigenvalue weighted by molar-refractivity contribution is 5.94. The zero-order valence-corrected chi connectivity index (χ0v) is 12.4. The number of nitrogens with one attached hydrogen (secondary N) is 1. The summed E-state index contributed by atoms with van der Waals surface area (Å²) in [7, 11) is 0. The molecule has 1 heterocycles. The van der Waals surface area contributed by atoms with Crippen LogP contribution in [0.15, 0.2) is 40.9 Å². The van der Waals surface area contributed by atoms with Crippen LogP contribution >= 0.6 is 0 Å². The number of amides is 1. The van der Waals surface area contributed by atoms with Gasteiger partial charge in [0.05, 0.1) is 5.69 Å². The SMILES string of the molecule is CC(C)c1cc(C(=O)N[C@@H](Cc2ccccc2)C(=O)O)on1. The van der Waals surface area contributed by atoms with Crippen molar-refractivity contribution in [3.05, 3.63) is 53.4 Å². The first-order valence-electron chi connectivity index (χ1n) is 7.01. The van der Waals surface area contributed by atoms with Crippen molar-refractivity contribution in [1.82, 2.24) is 10.5 Å². The molecule has 6 nitrogen and oxygen atoms in total. The predicted octanol–water partition coefficient (Wildman–Crippen LogP) is 2.22. The molecular formula is C16H18N2O4. The summed E-state index contributed by atoms with van der Waals surface area (Å²) in [6.45, 7) is 3.85. The molecule has 2 N–H and O–H groups in total. The van der Waals surface area contributed by atoms with Gasteiger partial charge >= 0.3 is 5.97 Å². The average Bonchev–Trinajstić information content (AvgIpc) is 2.97. The molecule has 6 heteroatoms. The molecule has 1 aromatic carbocycles. The van der Waals surface area contributed by atoms with Gasteiger partial charge in [-0.1, -0.05) is 49.3 Å². The van der Waals surface area contributed by atoms with Gasteiger partial charge in [0.25, 0.3) is 5.91 Å². The molecular weight excluding hydrogens is 284 g/mol. The van der Waals surface area contributed by atoms with Gasteiger partial charge in [-0.05, 0) is 11.5 Å². The van der Waals surface area contributed by atoms with E-state index in [1.54, 1.807) is 0 Å². The fraction of sp³-hybridized carbons (Fsp3) is 0.312. The fourth-order valence-corrected chi connectivity index (χ4v) is 1.95. The number of carboxylic acids is 1. The molecule has 0 spiro atoms. The topological polar surface area (TPSA) is 92.4 Å². The number of nitrogens with zero attached hydrogens (tertiary/aromatic N) is 1. The monoisotopic (exact) mass is 302 g/mol. The van der Waals surface area contributed by atoms with Crippen molar-refractivity contribution in [2.24, 2.45) is 0 Å². The summed E-state index contributed by atoms with van der Waals surface area (Å²) < 4.78 is 4.96. The Morgan fingerprint density at radius 2 is 1.95 bits per heavy atom. The van der Waals surface area contributed by atoms with E-state index in [1.165, 1.54) is 6.07 Å². The third-order valence-electron chi connectivity index (χ3n) is 3.23. The lowest BCUT2D eigenvalue weighted by Crippen LogP contribution is -2.42. The van der Waals surface area contributed by atoms with Gasteiger partial charge in [-0.3, -0.25) is 4.79 Å². The Morgan fingerprint density at radius 1 is 1.27 bits per heavy atom. The summed E-state index contributed by atoms with van der Waals surface area (Å²) in [5.41, 5.74) is 1.48. The third-order valence-corrected chi connectivity index (χ3v) is 3.23. The number of hydrogen-bond donors (Lipinski definition) is 2. The first-order chi connectivity index (χ1) is 10.5. The number of aliphatic carboxylic acids is 1. The fourth-order valence-electron chi connectivity index (χ4n) is 1.95. The number of carboxylic acid groups (broad SMARTS) is 1. The molecule has 116 valence electrons. The predicted molar refractivity (Wildman–Crippen MR) is 79.6 cm³/mol. The van der Waals surface area contributed by atoms with Crippen molar-refractivity contribution in [2.75, 3.05) is 0 Å². The Bertz CT molecular complexity index is 649. The third kappa shape index (κ3) is 3.94. The molecule has 1 atom stereocenters. The number of aromatic nitrogens is 1. The molecule has 2 aromatic rings. The second-order valence-electron chi connectivity index (χ2n) is 5.32. The van der Waals surface area contributed by atoms with Crippen LogP contribution in [-0.2, 0) is 11.2 Å². The molecule has 0 fully saturated rings. The number of rotatable bonds is 6. The van der Waals surface area contributed by atoms with Crippen LogP contribution in [0.25, 0.3) is 0 Å². The molecule has 1 aromatic heterocycles. The standard InChI is InChI=1S/C16H18N2O4/c1-10(2)12-9-14(22-18-12)15(19)17-13(16(20)21)8-11-6-4-3-5-7-11/h3-7,9-10,13H,8H2,1-2H3,(H,17,19)(H,20,21)/t13-/m0/s1. The van der Waals surface area contributed by atoms with E-state index in [9.17, 15) is 14.7 Å². The van der Waals surface area contributed by atoms with Crippen molar-refractivity contribution in [2.45, 2.75) is 32.2 Å². The molecule has 1 amide bonds. The van der Waals surface area contributed by atoms with Gasteiger partial charge in [0.1, 0.15) is 6.04 Å². The van der Waals surface area contributed by atoms with Gasteiger partial charge in [-0.2, -0.15) is 0 Å². The van der Waals surface area contributed by atoms with E-state index in [1.807, 2.05) is 44.2 Å². The Morgan fingerprint density at radius 3 is 2.50 bits per heavy atom. The molecule has 0 saturated heterocycles. The summed E-state index contributed by atoms with van der Waals surface area (Å²) in [6, 6.07) is 9.62. The van der Waals surface area contributed by atoms with Gasteiger partial charge in [0.2, 0.25) is 5.76 Å². The van der Waals surface area contributed by atoms with E-state index in [2.05, 4.69) is 10.5 Å². The minimum atomic E-state index is -1.10. The Hall–Kier alpha value is -2.63. The smallest absolute Gasteiger partial charge is 0.326 e. The highest BCUT2D eigenvalue weighted by Gasteiger charge is 2.23. The minimum Gasteiger partial charge on any atom is -0.480 e. The van der Waals surface area contributed by atoms with Crippen LogP contribution < -0.4 is 5.32 Å². The number of carbonyl (C=O) groups excluding carboxylic acids is 1. The highest BCUT2D eigenvalue weighted by atomic mass is 16.5. The van der Waals surface area contributed by atoms with E-state index in [0.29, 0.717) is 5.69 Å². The van der Waals surface area contributed by atoms with Crippen LogP contribution in [0.4, 0.5) is 0 Å². The number of hydrogen-bond acceptors (Lipinski definition) is 4. The van der Waals surface area contributed by atoms with Gasteiger partial charge in [-0.15, -0.1) is 0 Å². The summed E-state index contributed by atoms with van der Waals surface area (Å²) in [5, 5.41) is 15.5. The molecule has 0 aliphatic rings. The van der Waals surface area contributed by atoms with Gasteiger partial charge in [-0.25, -0.2) is 4.79 Å². The number of benzene rings is 1. The Kier molecular flexibility index (Phi) is 4.93. The average molecular weight is 302 g/mol. The molecule has 0 unspecified atom stereocenters. The van der Waals surface area contributed by atoms with Crippen molar-refractivity contribution >= 4 is 11.9 Å². The van der Waals surface area contributed by atoms with Crippen molar-refractivity contribution in [1.29, 1.82) is 0 Å². The molecule has 0 aliphatic carbocycles. The lowest BCUT2D eigenvalue weighted by molar-refractivity contribution is -0.139. The first kappa shape index (κ1) is 15.8. The van der Waals surface area contributed by atoms with Crippen LogP contribution in [0.1, 0.15) is 41.6 Å². The van der Waals surface area contributed by atoms with Crippen molar-refractivity contribution in [3.63, 3.8) is 0 Å². The second kappa shape index (κ2) is 6.89. The lowest BCUT2D eigenvalue weighted by Gasteiger charge is -2.13. The van der Waals surface area contributed by atoms with Crippen LogP contribution in [0.3, 0.4) is 0 Å². The Labute approximate surface area is 128 Å². The van der Waals surface area contributed by atoms with Crippen molar-refractivity contribution < 1.29 is 19.2 Å². The largest absolute Gasteiger partial charge is 0.480 e. The summed E-state index contributed by atoms with van der Waals surface area (Å²) in [6.07, 6.45) is 0.201. The maximum Gasteiger partial charge on any atom is 0.326 e. The molecule has 0 bridgehead atoms. The van der Waals surface area contributed by atoms with E-state index in [-0.39, 0.29) is 18.1 Å². The maximum absolute atomic E-state index is 12.1. The van der Waals surface area contributed by atoms with E-state index >= 15 is 0 Å². The van der Waals surface area contributed by atoms with Gasteiger partial charge in [0.15, 0.2) is 0 Å².